The lowest BCUT2D eigenvalue weighted by atomic mass is 10.1. The van der Waals surface area contributed by atoms with E-state index in [0.717, 1.165) is 11.1 Å². The van der Waals surface area contributed by atoms with Gasteiger partial charge >= 0.3 is 0 Å². The van der Waals surface area contributed by atoms with Crippen LogP contribution >= 0.6 is 24.0 Å². The highest BCUT2D eigenvalue weighted by atomic mass is 127. The lowest BCUT2D eigenvalue weighted by molar-refractivity contribution is 0.0955. The summed E-state index contributed by atoms with van der Waals surface area (Å²) < 4.78 is 0. The van der Waals surface area contributed by atoms with Crippen LogP contribution in [0.1, 0.15) is 29.8 Å². The molecule has 0 atom stereocenters. The minimum Gasteiger partial charge on any atom is -0.370 e. The molecular weight excluding hydrogens is 379 g/mol. The van der Waals surface area contributed by atoms with Gasteiger partial charge in [0.1, 0.15) is 0 Å². The summed E-state index contributed by atoms with van der Waals surface area (Å²) in [6, 6.07) is 7.35. The van der Waals surface area contributed by atoms with E-state index in [0.29, 0.717) is 31.2 Å². The van der Waals surface area contributed by atoms with E-state index in [9.17, 15) is 4.79 Å². The lowest BCUT2D eigenvalue weighted by Crippen LogP contribution is -2.32. The minimum atomic E-state index is -0.0771. The average molecular weight is 402 g/mol. The fraction of sp³-hybridized carbons (Fsp3) is 0.333. The molecule has 0 unspecified atom stereocenters. The number of amides is 1. The highest BCUT2D eigenvalue weighted by Gasteiger charge is 2.04. The van der Waals surface area contributed by atoms with Crippen LogP contribution in [0.3, 0.4) is 0 Å². The highest BCUT2D eigenvalue weighted by Crippen LogP contribution is 2.06. The molecule has 4 N–H and O–H groups in total. The Bertz CT molecular complexity index is 514. The second-order valence-electron chi connectivity index (χ2n) is 4.57. The quantitative estimate of drug-likeness (QED) is 0.295. The van der Waals surface area contributed by atoms with Crippen LogP contribution in [0, 0.1) is 0 Å². The molecular formula is C15H23IN4O. The maximum atomic E-state index is 11.7. The Morgan fingerprint density at radius 3 is 2.71 bits per heavy atom. The standard InChI is InChI=1S/C15H22N4O.HI/c1-4-17-14(20)13-7-5-6-12(8-13)10-19-15(16)18-9-11(2)3;/h5-8H,2,4,9-10H2,1,3H3,(H,17,20)(H3,16,18,19);1H. The zero-order valence-corrected chi connectivity index (χ0v) is 14.8. The van der Waals surface area contributed by atoms with Crippen molar-refractivity contribution in [1.29, 1.82) is 0 Å². The van der Waals surface area contributed by atoms with Crippen molar-refractivity contribution in [3.63, 3.8) is 0 Å². The molecule has 116 valence electrons. The Balaban J connectivity index is 0.00000400. The van der Waals surface area contributed by atoms with E-state index in [1.54, 1.807) is 6.07 Å². The first-order valence-electron chi connectivity index (χ1n) is 6.58. The fourth-order valence-electron chi connectivity index (χ4n) is 1.55. The molecule has 0 radical (unpaired) electrons. The molecule has 0 fully saturated rings. The summed E-state index contributed by atoms with van der Waals surface area (Å²) in [5.41, 5.74) is 8.29. The minimum absolute atomic E-state index is 0. The predicted octanol–water partition coefficient (Wildman–Crippen LogP) is 2.03. The van der Waals surface area contributed by atoms with Gasteiger partial charge in [-0.05, 0) is 31.5 Å². The van der Waals surface area contributed by atoms with Crippen LogP contribution in [-0.4, -0.2) is 25.0 Å². The molecule has 0 spiro atoms. The van der Waals surface area contributed by atoms with Crippen molar-refractivity contribution >= 4 is 35.8 Å². The third kappa shape index (κ3) is 7.69. The van der Waals surface area contributed by atoms with Crippen molar-refractivity contribution in [3.8, 4) is 0 Å². The number of hydrogen-bond donors (Lipinski definition) is 3. The normalized spacial score (nSPS) is 10.5. The lowest BCUT2D eigenvalue weighted by Gasteiger charge is -2.06. The summed E-state index contributed by atoms with van der Waals surface area (Å²) in [7, 11) is 0. The van der Waals surface area contributed by atoms with Crippen LogP contribution in [0.2, 0.25) is 0 Å². The number of guanidine groups is 1. The van der Waals surface area contributed by atoms with E-state index in [1.165, 1.54) is 0 Å². The van der Waals surface area contributed by atoms with Gasteiger partial charge < -0.3 is 16.4 Å². The largest absolute Gasteiger partial charge is 0.370 e. The Kier molecular flexibility index (Phi) is 9.44. The first-order chi connectivity index (χ1) is 9.52. The molecule has 0 saturated heterocycles. The molecule has 0 aromatic heterocycles. The molecule has 1 aromatic rings. The summed E-state index contributed by atoms with van der Waals surface area (Å²) in [6.07, 6.45) is 0. The molecule has 1 aromatic carbocycles. The van der Waals surface area contributed by atoms with Crippen LogP contribution in [0.4, 0.5) is 0 Å². The van der Waals surface area contributed by atoms with Crippen LogP contribution in [0.25, 0.3) is 0 Å². The number of benzene rings is 1. The van der Waals surface area contributed by atoms with Crippen LogP contribution in [0.15, 0.2) is 41.4 Å². The molecule has 0 aliphatic carbocycles. The van der Waals surface area contributed by atoms with Crippen molar-refractivity contribution in [2.75, 3.05) is 13.1 Å². The summed E-state index contributed by atoms with van der Waals surface area (Å²) in [5.74, 6) is 0.295. The number of aliphatic imine (C=N–C) groups is 1. The Morgan fingerprint density at radius 2 is 2.10 bits per heavy atom. The number of hydrogen-bond acceptors (Lipinski definition) is 2. The van der Waals surface area contributed by atoms with Crippen LogP contribution in [0.5, 0.6) is 0 Å². The maximum absolute atomic E-state index is 11.7. The zero-order chi connectivity index (χ0) is 15.0. The number of nitrogens with zero attached hydrogens (tertiary/aromatic N) is 1. The van der Waals surface area contributed by atoms with Crippen LogP contribution in [-0.2, 0) is 6.54 Å². The Hall–Kier alpha value is -1.57. The van der Waals surface area contributed by atoms with Gasteiger partial charge in [0.15, 0.2) is 5.96 Å². The van der Waals surface area contributed by atoms with Crippen molar-refractivity contribution in [2.24, 2.45) is 10.7 Å². The number of halogens is 1. The summed E-state index contributed by atoms with van der Waals surface area (Å²) in [4.78, 5) is 15.9. The van der Waals surface area contributed by atoms with Gasteiger partial charge in [-0.25, -0.2) is 4.99 Å². The monoisotopic (exact) mass is 402 g/mol. The molecule has 1 rings (SSSR count). The first kappa shape index (κ1) is 19.4. The predicted molar refractivity (Wildman–Crippen MR) is 98.0 cm³/mol. The van der Waals surface area contributed by atoms with E-state index < -0.39 is 0 Å². The summed E-state index contributed by atoms with van der Waals surface area (Å²) in [6.45, 7) is 9.23. The van der Waals surface area contributed by atoms with Gasteiger partial charge in [-0.3, -0.25) is 4.79 Å². The van der Waals surface area contributed by atoms with E-state index in [1.807, 2.05) is 32.0 Å². The molecule has 1 amide bonds. The molecule has 0 saturated carbocycles. The topological polar surface area (TPSA) is 79.5 Å². The summed E-state index contributed by atoms with van der Waals surface area (Å²) >= 11 is 0. The van der Waals surface area contributed by atoms with Crippen molar-refractivity contribution in [1.82, 2.24) is 10.6 Å². The first-order valence-corrected chi connectivity index (χ1v) is 6.58. The van der Waals surface area contributed by atoms with Crippen molar-refractivity contribution < 1.29 is 4.79 Å². The van der Waals surface area contributed by atoms with Gasteiger partial charge in [-0.2, -0.15) is 0 Å². The van der Waals surface area contributed by atoms with Crippen LogP contribution < -0.4 is 16.4 Å². The molecule has 0 aliphatic rings. The zero-order valence-electron chi connectivity index (χ0n) is 12.5. The van der Waals surface area contributed by atoms with E-state index >= 15 is 0 Å². The smallest absolute Gasteiger partial charge is 0.251 e. The van der Waals surface area contributed by atoms with E-state index in [2.05, 4.69) is 22.2 Å². The van der Waals surface area contributed by atoms with E-state index in [4.69, 9.17) is 5.73 Å². The van der Waals surface area contributed by atoms with Gasteiger partial charge in [0.05, 0.1) is 6.54 Å². The second-order valence-corrected chi connectivity index (χ2v) is 4.57. The number of rotatable bonds is 6. The van der Waals surface area contributed by atoms with Gasteiger partial charge in [-0.1, -0.05) is 24.3 Å². The fourth-order valence-corrected chi connectivity index (χ4v) is 1.55. The third-order valence-corrected chi connectivity index (χ3v) is 2.53. The Morgan fingerprint density at radius 1 is 1.38 bits per heavy atom. The highest BCUT2D eigenvalue weighted by molar-refractivity contribution is 14.0. The number of nitrogens with two attached hydrogens (primary N) is 1. The molecule has 5 nitrogen and oxygen atoms in total. The maximum Gasteiger partial charge on any atom is 0.251 e. The van der Waals surface area contributed by atoms with Gasteiger partial charge in [0.2, 0.25) is 0 Å². The molecule has 21 heavy (non-hydrogen) atoms. The van der Waals surface area contributed by atoms with E-state index in [-0.39, 0.29) is 29.9 Å². The number of nitrogens with one attached hydrogen (secondary N) is 2. The molecule has 0 aliphatic heterocycles. The number of carbonyl (C=O) groups excluding carboxylic acids is 1. The third-order valence-electron chi connectivity index (χ3n) is 2.53. The van der Waals surface area contributed by atoms with Gasteiger partial charge in [0, 0.05) is 18.7 Å². The molecule has 6 heteroatoms. The summed E-state index contributed by atoms with van der Waals surface area (Å²) in [5, 5.41) is 5.72. The molecule has 0 bridgehead atoms. The molecule has 0 heterocycles. The Labute approximate surface area is 143 Å². The number of carbonyl (C=O) groups is 1. The SMILES string of the molecule is C=C(C)CNC(N)=NCc1cccc(C(=O)NCC)c1.I. The van der Waals surface area contributed by atoms with Crippen molar-refractivity contribution in [3.05, 3.63) is 47.5 Å². The van der Waals surface area contributed by atoms with Gasteiger partial charge in [-0.15, -0.1) is 24.0 Å². The average Bonchev–Trinajstić information content (AvgIpc) is 2.43. The van der Waals surface area contributed by atoms with Crippen molar-refractivity contribution in [2.45, 2.75) is 20.4 Å². The van der Waals surface area contributed by atoms with Gasteiger partial charge in [0.25, 0.3) is 5.91 Å². The second kappa shape index (κ2) is 10.2.